The van der Waals surface area contributed by atoms with Crippen molar-refractivity contribution >= 4 is 12.0 Å². The van der Waals surface area contributed by atoms with Gasteiger partial charge in [0.15, 0.2) is 6.10 Å². The van der Waals surface area contributed by atoms with Crippen LogP contribution >= 0.6 is 0 Å². The van der Waals surface area contributed by atoms with Crippen LogP contribution in [0.4, 0.5) is 4.79 Å². The fourth-order valence-electron chi connectivity index (χ4n) is 0.915. The average molecular weight is 218 g/mol. The molecule has 0 bridgehead atoms. The van der Waals surface area contributed by atoms with Crippen LogP contribution in [0.3, 0.4) is 0 Å². The second kappa shape index (κ2) is 6.23. The van der Waals surface area contributed by atoms with E-state index in [0.29, 0.717) is 0 Å². The maximum absolute atomic E-state index is 11.7. The molecule has 0 aromatic rings. The normalized spacial score (nSPS) is 12.1. The summed E-state index contributed by atoms with van der Waals surface area (Å²) in [6.07, 6.45) is -1.47. The maximum atomic E-state index is 11.7. The Kier molecular flexibility index (Phi) is 5.69. The van der Waals surface area contributed by atoms with Crippen LogP contribution in [0.15, 0.2) is 0 Å². The van der Waals surface area contributed by atoms with E-state index < -0.39 is 18.1 Å². The molecule has 2 amide bonds. The summed E-state index contributed by atoms with van der Waals surface area (Å²) < 4.78 is 4.92. The Balaban J connectivity index is 4.52. The highest BCUT2D eigenvalue weighted by molar-refractivity contribution is 5.82. The molecule has 0 aliphatic heterocycles. The molecule has 0 aliphatic rings. The Bertz CT molecular complexity index is 230. The van der Waals surface area contributed by atoms with Gasteiger partial charge in [0.25, 0.3) is 5.91 Å². The number of nitrogens with one attached hydrogen (secondary N) is 1. The van der Waals surface area contributed by atoms with Crippen LogP contribution in [-0.4, -0.2) is 44.4 Å². The van der Waals surface area contributed by atoms with Gasteiger partial charge in [-0.1, -0.05) is 13.8 Å². The first kappa shape index (κ1) is 13.7. The third-order valence-electron chi connectivity index (χ3n) is 1.87. The number of carbonyl (C=O) groups is 2. The van der Waals surface area contributed by atoms with Crippen molar-refractivity contribution in [2.75, 3.05) is 21.2 Å². The van der Waals surface area contributed by atoms with Crippen molar-refractivity contribution < 1.29 is 19.2 Å². The quantitative estimate of drug-likeness (QED) is 0.693. The minimum Gasteiger partial charge on any atom is -0.436 e. The molecule has 0 aromatic heterocycles. The minimum atomic E-state index is -0.838. The van der Waals surface area contributed by atoms with Gasteiger partial charge in [0, 0.05) is 14.1 Å². The number of ether oxygens (including phenoxy) is 1. The van der Waals surface area contributed by atoms with Gasteiger partial charge in [0.2, 0.25) is 0 Å². The molecular weight excluding hydrogens is 200 g/mol. The van der Waals surface area contributed by atoms with Gasteiger partial charge >= 0.3 is 6.09 Å². The molecule has 6 nitrogen and oxygen atoms in total. The van der Waals surface area contributed by atoms with Crippen molar-refractivity contribution in [3.63, 3.8) is 0 Å². The number of amides is 2. The van der Waals surface area contributed by atoms with Crippen LogP contribution in [0.25, 0.3) is 0 Å². The second-order valence-electron chi connectivity index (χ2n) is 3.34. The van der Waals surface area contributed by atoms with E-state index in [4.69, 9.17) is 9.57 Å². The van der Waals surface area contributed by atoms with Crippen molar-refractivity contribution in [2.45, 2.75) is 20.0 Å². The molecule has 0 aromatic carbocycles. The molecule has 88 valence electrons. The molecule has 0 fully saturated rings. The summed E-state index contributed by atoms with van der Waals surface area (Å²) in [5.41, 5.74) is 0. The zero-order valence-corrected chi connectivity index (χ0v) is 9.73. The Morgan fingerprint density at radius 2 is 1.87 bits per heavy atom. The SMILES string of the molecule is CNC(=O)OC(C(=O)N(C)OC)C(C)C. The van der Waals surface area contributed by atoms with Crippen molar-refractivity contribution in [2.24, 2.45) is 5.92 Å². The Hall–Kier alpha value is -1.30. The third kappa shape index (κ3) is 4.16. The van der Waals surface area contributed by atoms with Gasteiger partial charge in [0.1, 0.15) is 0 Å². The summed E-state index contributed by atoms with van der Waals surface area (Å²) in [6, 6.07) is 0. The number of hydrogen-bond donors (Lipinski definition) is 1. The Labute approximate surface area is 89.5 Å². The van der Waals surface area contributed by atoms with E-state index in [1.807, 2.05) is 0 Å². The lowest BCUT2D eigenvalue weighted by atomic mass is 10.1. The number of nitrogens with zero attached hydrogens (tertiary/aromatic N) is 1. The number of rotatable bonds is 4. The van der Waals surface area contributed by atoms with E-state index in [9.17, 15) is 9.59 Å². The molecule has 15 heavy (non-hydrogen) atoms. The van der Waals surface area contributed by atoms with Crippen LogP contribution in [0.5, 0.6) is 0 Å². The summed E-state index contributed by atoms with van der Waals surface area (Å²) in [7, 11) is 4.27. The van der Waals surface area contributed by atoms with Gasteiger partial charge in [-0.3, -0.25) is 9.63 Å². The summed E-state index contributed by atoms with van der Waals surface area (Å²) in [5.74, 6) is -0.511. The number of carbonyl (C=O) groups excluding carboxylic acids is 2. The average Bonchev–Trinajstić information content (AvgIpc) is 2.22. The standard InChI is InChI=1S/C9H18N2O4/c1-6(2)7(15-9(13)10-3)8(12)11(4)14-5/h6-7H,1-5H3,(H,10,13). The molecule has 0 saturated carbocycles. The summed E-state index contributed by atoms with van der Waals surface area (Å²) in [5, 5.41) is 3.32. The van der Waals surface area contributed by atoms with E-state index >= 15 is 0 Å². The second-order valence-corrected chi connectivity index (χ2v) is 3.34. The summed E-state index contributed by atoms with van der Waals surface area (Å²) in [4.78, 5) is 27.4. The highest BCUT2D eigenvalue weighted by atomic mass is 16.7. The number of likely N-dealkylation sites (N-methyl/N-ethyl adjacent to an activating group) is 1. The van der Waals surface area contributed by atoms with E-state index in [1.165, 1.54) is 21.2 Å². The monoisotopic (exact) mass is 218 g/mol. The molecule has 0 heterocycles. The van der Waals surface area contributed by atoms with Gasteiger partial charge in [-0.05, 0) is 5.92 Å². The number of hydroxylamine groups is 2. The molecule has 0 saturated heterocycles. The van der Waals surface area contributed by atoms with Crippen LogP contribution < -0.4 is 5.32 Å². The lowest BCUT2D eigenvalue weighted by Gasteiger charge is -2.24. The molecule has 1 N–H and O–H groups in total. The van der Waals surface area contributed by atoms with E-state index in [2.05, 4.69) is 5.32 Å². The first-order valence-corrected chi connectivity index (χ1v) is 4.64. The number of alkyl carbamates (subject to hydrolysis) is 1. The number of hydrogen-bond acceptors (Lipinski definition) is 4. The van der Waals surface area contributed by atoms with Gasteiger partial charge in [-0.2, -0.15) is 0 Å². The van der Waals surface area contributed by atoms with Crippen molar-refractivity contribution in [1.29, 1.82) is 0 Å². The predicted molar refractivity (Wildman–Crippen MR) is 53.9 cm³/mol. The van der Waals surface area contributed by atoms with Crippen LogP contribution in [0, 0.1) is 5.92 Å². The first-order chi connectivity index (χ1) is 6.93. The van der Waals surface area contributed by atoms with Gasteiger partial charge < -0.3 is 10.1 Å². The molecule has 1 unspecified atom stereocenters. The van der Waals surface area contributed by atoms with Crippen LogP contribution in [-0.2, 0) is 14.4 Å². The van der Waals surface area contributed by atoms with E-state index in [1.54, 1.807) is 13.8 Å². The lowest BCUT2D eigenvalue weighted by Crippen LogP contribution is -2.43. The van der Waals surface area contributed by atoms with E-state index in [-0.39, 0.29) is 5.92 Å². The Morgan fingerprint density at radius 3 is 2.20 bits per heavy atom. The zero-order valence-electron chi connectivity index (χ0n) is 9.73. The van der Waals surface area contributed by atoms with Crippen molar-refractivity contribution in [1.82, 2.24) is 10.4 Å². The molecule has 0 rings (SSSR count). The fourth-order valence-corrected chi connectivity index (χ4v) is 0.915. The van der Waals surface area contributed by atoms with Gasteiger partial charge in [-0.25, -0.2) is 9.86 Å². The fraction of sp³-hybridized carbons (Fsp3) is 0.778. The van der Waals surface area contributed by atoms with Gasteiger partial charge in [0.05, 0.1) is 7.11 Å². The highest BCUT2D eigenvalue weighted by Crippen LogP contribution is 2.10. The zero-order chi connectivity index (χ0) is 12.0. The molecular formula is C9H18N2O4. The third-order valence-corrected chi connectivity index (χ3v) is 1.87. The largest absolute Gasteiger partial charge is 0.436 e. The predicted octanol–water partition coefficient (Wildman–Crippen LogP) is 0.387. The summed E-state index contributed by atoms with van der Waals surface area (Å²) >= 11 is 0. The molecule has 0 spiro atoms. The van der Waals surface area contributed by atoms with Crippen molar-refractivity contribution in [3.8, 4) is 0 Å². The molecule has 0 aliphatic carbocycles. The van der Waals surface area contributed by atoms with E-state index in [0.717, 1.165) is 5.06 Å². The topological polar surface area (TPSA) is 67.9 Å². The molecule has 1 atom stereocenters. The Morgan fingerprint density at radius 1 is 1.33 bits per heavy atom. The minimum absolute atomic E-state index is 0.118. The van der Waals surface area contributed by atoms with Crippen molar-refractivity contribution in [3.05, 3.63) is 0 Å². The van der Waals surface area contributed by atoms with Crippen LogP contribution in [0.2, 0.25) is 0 Å². The lowest BCUT2D eigenvalue weighted by molar-refractivity contribution is -0.179. The molecule has 0 radical (unpaired) electrons. The first-order valence-electron chi connectivity index (χ1n) is 4.64. The van der Waals surface area contributed by atoms with Gasteiger partial charge in [-0.15, -0.1) is 0 Å². The van der Waals surface area contributed by atoms with Crippen LogP contribution in [0.1, 0.15) is 13.8 Å². The highest BCUT2D eigenvalue weighted by Gasteiger charge is 2.29. The summed E-state index contributed by atoms with van der Waals surface area (Å²) in [6.45, 7) is 3.57. The molecule has 6 heteroatoms. The smallest absolute Gasteiger partial charge is 0.407 e. The maximum Gasteiger partial charge on any atom is 0.407 e.